The van der Waals surface area contributed by atoms with E-state index in [1.807, 2.05) is 6.92 Å². The summed E-state index contributed by atoms with van der Waals surface area (Å²) in [7, 11) is 0. The molecule has 0 spiro atoms. The highest BCUT2D eigenvalue weighted by molar-refractivity contribution is 6.15. The van der Waals surface area contributed by atoms with E-state index < -0.39 is 5.97 Å². The molecule has 0 amide bonds. The summed E-state index contributed by atoms with van der Waals surface area (Å²) >= 11 is 0. The van der Waals surface area contributed by atoms with Crippen LogP contribution in [0, 0.1) is 0 Å². The predicted octanol–water partition coefficient (Wildman–Crippen LogP) is 1.08. The number of hydrogen-bond acceptors (Lipinski definition) is 3. The monoisotopic (exact) mass is 156 g/mol. The zero-order chi connectivity index (χ0) is 8.85. The van der Waals surface area contributed by atoms with E-state index >= 15 is 0 Å². The molecule has 0 aromatic rings. The van der Waals surface area contributed by atoms with Crippen molar-refractivity contribution in [3.8, 4) is 0 Å². The lowest BCUT2D eigenvalue weighted by molar-refractivity contribution is -0.140. The van der Waals surface area contributed by atoms with E-state index in [-0.39, 0.29) is 11.4 Å². The van der Waals surface area contributed by atoms with Crippen molar-refractivity contribution in [1.82, 2.24) is 0 Å². The first-order valence-corrected chi connectivity index (χ1v) is 3.46. The molecule has 0 bridgehead atoms. The molecule has 0 atom stereocenters. The maximum absolute atomic E-state index is 10.8. The highest BCUT2D eigenvalue weighted by atomic mass is 16.5. The summed E-state index contributed by atoms with van der Waals surface area (Å²) in [4.78, 5) is 21.3. The molecule has 0 rings (SSSR count). The van der Waals surface area contributed by atoms with Gasteiger partial charge in [0.05, 0.1) is 12.2 Å². The van der Waals surface area contributed by atoms with Gasteiger partial charge in [-0.2, -0.15) is 0 Å². The molecule has 0 aromatic heterocycles. The Morgan fingerprint density at radius 2 is 2.00 bits per heavy atom. The number of esters is 1. The molecule has 3 nitrogen and oxygen atoms in total. The molecular weight excluding hydrogens is 144 g/mol. The summed E-state index contributed by atoms with van der Waals surface area (Å²) in [5.74, 6) is -0.953. The number of rotatable bonds is 4. The number of hydrogen-bond donors (Lipinski definition) is 0. The Morgan fingerprint density at radius 1 is 1.45 bits per heavy atom. The quantitative estimate of drug-likeness (QED) is 0.265. The third kappa shape index (κ3) is 3.55. The van der Waals surface area contributed by atoms with Crippen molar-refractivity contribution in [2.24, 2.45) is 0 Å². The van der Waals surface area contributed by atoms with Gasteiger partial charge in [-0.25, -0.2) is 4.79 Å². The van der Waals surface area contributed by atoms with Gasteiger partial charge in [0.1, 0.15) is 0 Å². The van der Waals surface area contributed by atoms with Crippen molar-refractivity contribution in [1.29, 1.82) is 0 Å². The van der Waals surface area contributed by atoms with Crippen LogP contribution in [-0.4, -0.2) is 18.4 Å². The van der Waals surface area contributed by atoms with E-state index in [4.69, 9.17) is 0 Å². The van der Waals surface area contributed by atoms with Gasteiger partial charge in [-0.15, -0.1) is 0 Å². The summed E-state index contributed by atoms with van der Waals surface area (Å²) in [6, 6.07) is 0. The van der Waals surface area contributed by atoms with Gasteiger partial charge >= 0.3 is 5.97 Å². The fourth-order valence-electron chi connectivity index (χ4n) is 0.426. The summed E-state index contributed by atoms with van der Waals surface area (Å²) in [5.41, 5.74) is -0.0848. The highest BCUT2D eigenvalue weighted by Crippen LogP contribution is 1.96. The summed E-state index contributed by atoms with van der Waals surface area (Å²) in [5, 5.41) is 0. The molecule has 0 radical (unpaired) electrons. The molecule has 0 aliphatic rings. The van der Waals surface area contributed by atoms with Gasteiger partial charge in [-0.1, -0.05) is 13.5 Å². The fraction of sp³-hybridized carbons (Fsp3) is 0.500. The van der Waals surface area contributed by atoms with Crippen LogP contribution in [0.25, 0.3) is 0 Å². The Bertz CT molecular complexity index is 182. The Morgan fingerprint density at radius 3 is 2.36 bits per heavy atom. The Balaban J connectivity index is 3.84. The Kier molecular flexibility index (Phi) is 4.18. The fourth-order valence-corrected chi connectivity index (χ4v) is 0.426. The van der Waals surface area contributed by atoms with Crippen molar-refractivity contribution >= 4 is 11.8 Å². The summed E-state index contributed by atoms with van der Waals surface area (Å²) in [6.45, 7) is 6.79. The molecular formula is C8H12O3. The third-order valence-corrected chi connectivity index (χ3v) is 1.11. The smallest absolute Gasteiger partial charge is 0.341 e. The van der Waals surface area contributed by atoms with Crippen molar-refractivity contribution in [2.45, 2.75) is 20.3 Å². The van der Waals surface area contributed by atoms with Gasteiger partial charge in [-0.05, 0) is 13.3 Å². The largest absolute Gasteiger partial charge is 0.462 e. The topological polar surface area (TPSA) is 43.4 Å². The number of ketones is 1. The third-order valence-electron chi connectivity index (χ3n) is 1.11. The van der Waals surface area contributed by atoms with Gasteiger partial charge < -0.3 is 4.74 Å². The minimum atomic E-state index is -0.612. The van der Waals surface area contributed by atoms with E-state index in [0.29, 0.717) is 6.61 Å². The average molecular weight is 156 g/mol. The van der Waals surface area contributed by atoms with E-state index in [9.17, 15) is 9.59 Å². The van der Waals surface area contributed by atoms with Crippen LogP contribution in [0.3, 0.4) is 0 Å². The van der Waals surface area contributed by atoms with Crippen molar-refractivity contribution < 1.29 is 14.3 Å². The van der Waals surface area contributed by atoms with E-state index in [2.05, 4.69) is 11.3 Å². The zero-order valence-corrected chi connectivity index (χ0v) is 6.85. The van der Waals surface area contributed by atoms with Crippen molar-refractivity contribution in [3.63, 3.8) is 0 Å². The number of carbonyl (C=O) groups excluding carboxylic acids is 2. The zero-order valence-electron chi connectivity index (χ0n) is 6.85. The maximum Gasteiger partial charge on any atom is 0.341 e. The molecule has 0 heterocycles. The molecule has 0 unspecified atom stereocenters. The molecule has 0 aliphatic heterocycles. The van der Waals surface area contributed by atoms with Gasteiger partial charge in [0.15, 0.2) is 5.78 Å². The van der Waals surface area contributed by atoms with Crippen LogP contribution in [0.2, 0.25) is 0 Å². The Hall–Kier alpha value is -1.12. The van der Waals surface area contributed by atoms with Crippen LogP contribution < -0.4 is 0 Å². The first-order valence-electron chi connectivity index (χ1n) is 3.46. The predicted molar refractivity (Wildman–Crippen MR) is 41.1 cm³/mol. The number of carbonyl (C=O) groups is 2. The molecule has 0 fully saturated rings. The van der Waals surface area contributed by atoms with Crippen molar-refractivity contribution in [2.75, 3.05) is 6.61 Å². The normalized spacial score (nSPS) is 8.91. The van der Waals surface area contributed by atoms with Crippen LogP contribution in [0.15, 0.2) is 12.2 Å². The van der Waals surface area contributed by atoms with E-state index in [1.165, 1.54) is 6.92 Å². The second kappa shape index (κ2) is 4.66. The number of ether oxygens (including phenoxy) is 1. The maximum atomic E-state index is 10.8. The first-order chi connectivity index (χ1) is 5.09. The second-order valence-electron chi connectivity index (χ2n) is 2.17. The standard InChI is InChI=1S/C8H12O3/c1-4-5-11-8(10)6(2)7(3)9/h2,4-5H2,1,3H3. The van der Waals surface area contributed by atoms with Crippen LogP contribution >= 0.6 is 0 Å². The number of Topliss-reactive ketones (excluding diaryl/α,β-unsaturated/α-hetero) is 1. The molecule has 0 aromatic carbocycles. The van der Waals surface area contributed by atoms with Crippen LogP contribution in [-0.2, 0) is 14.3 Å². The van der Waals surface area contributed by atoms with E-state index in [1.54, 1.807) is 0 Å². The highest BCUT2D eigenvalue weighted by Gasteiger charge is 2.11. The molecule has 0 N–H and O–H groups in total. The summed E-state index contributed by atoms with van der Waals surface area (Å²) < 4.78 is 4.65. The average Bonchev–Trinajstić information content (AvgIpc) is 1.98. The van der Waals surface area contributed by atoms with Gasteiger partial charge in [-0.3, -0.25) is 4.79 Å². The van der Waals surface area contributed by atoms with Crippen LogP contribution in [0.4, 0.5) is 0 Å². The van der Waals surface area contributed by atoms with Gasteiger partial charge in [0.25, 0.3) is 0 Å². The van der Waals surface area contributed by atoms with Crippen LogP contribution in [0.5, 0.6) is 0 Å². The lowest BCUT2D eigenvalue weighted by atomic mass is 10.2. The first kappa shape index (κ1) is 9.88. The van der Waals surface area contributed by atoms with E-state index in [0.717, 1.165) is 6.42 Å². The second-order valence-corrected chi connectivity index (χ2v) is 2.17. The van der Waals surface area contributed by atoms with Crippen LogP contribution in [0.1, 0.15) is 20.3 Å². The molecule has 62 valence electrons. The van der Waals surface area contributed by atoms with Crippen molar-refractivity contribution in [3.05, 3.63) is 12.2 Å². The van der Waals surface area contributed by atoms with Gasteiger partial charge in [0.2, 0.25) is 0 Å². The summed E-state index contributed by atoms with van der Waals surface area (Å²) in [6.07, 6.45) is 0.747. The minimum absolute atomic E-state index is 0.0848. The van der Waals surface area contributed by atoms with Gasteiger partial charge in [0, 0.05) is 0 Å². The lowest BCUT2D eigenvalue weighted by Crippen LogP contribution is -2.12. The Labute approximate surface area is 66.0 Å². The molecule has 11 heavy (non-hydrogen) atoms. The molecule has 0 saturated carbocycles. The lowest BCUT2D eigenvalue weighted by Gasteiger charge is -2.01. The minimum Gasteiger partial charge on any atom is -0.462 e. The SMILES string of the molecule is C=C(C(C)=O)C(=O)OCCC. The molecule has 0 saturated heterocycles. The molecule has 0 aliphatic carbocycles. The molecule has 3 heteroatoms.